The lowest BCUT2D eigenvalue weighted by Crippen LogP contribution is -2.20. The van der Waals surface area contributed by atoms with E-state index in [4.69, 9.17) is 4.74 Å². The Morgan fingerprint density at radius 1 is 1.37 bits per heavy atom. The second-order valence-electron chi connectivity index (χ2n) is 6.64. The van der Waals surface area contributed by atoms with Crippen LogP contribution >= 0.6 is 11.3 Å². The largest absolute Gasteiger partial charge is 0.493 e. The van der Waals surface area contributed by atoms with Gasteiger partial charge in [0, 0.05) is 6.54 Å². The van der Waals surface area contributed by atoms with Gasteiger partial charge in [0.1, 0.15) is 15.5 Å². The number of methoxy groups -OCH3 is 1. The minimum absolute atomic E-state index is 0.0761. The van der Waals surface area contributed by atoms with Crippen LogP contribution < -0.4 is 15.0 Å². The van der Waals surface area contributed by atoms with E-state index >= 15 is 0 Å². The fourth-order valence-corrected chi connectivity index (χ4v) is 4.53. The number of carboxylic acids is 1. The van der Waals surface area contributed by atoms with Crippen LogP contribution in [-0.4, -0.2) is 34.3 Å². The number of thiophene rings is 1. The zero-order chi connectivity index (χ0) is 21.6. The van der Waals surface area contributed by atoms with E-state index in [9.17, 15) is 23.5 Å². The van der Waals surface area contributed by atoms with Crippen LogP contribution in [0.15, 0.2) is 23.0 Å². The smallest absolute Gasteiger partial charge is 0.387 e. The Balaban J connectivity index is 1.79. The van der Waals surface area contributed by atoms with Gasteiger partial charge in [-0.15, -0.1) is 11.3 Å². The van der Waals surface area contributed by atoms with Crippen LogP contribution in [0.25, 0.3) is 21.9 Å². The summed E-state index contributed by atoms with van der Waals surface area (Å²) in [6.45, 7) is -0.933. The highest BCUT2D eigenvalue weighted by Gasteiger charge is 2.25. The molecule has 0 amide bonds. The minimum Gasteiger partial charge on any atom is -0.493 e. The van der Waals surface area contributed by atoms with Gasteiger partial charge < -0.3 is 14.6 Å². The monoisotopic (exact) mass is 434 g/mol. The number of aromatic nitrogens is 2. The SMILES string of the molecule is COc1cc(/C=C2/CCn3c2nc2sc(C(=O)O)c(C)c2c3=O)ccc1OC(F)F. The number of ether oxygens (including phenoxy) is 2. The summed E-state index contributed by atoms with van der Waals surface area (Å²) in [5.74, 6) is -0.539. The normalized spacial score (nSPS) is 14.5. The predicted molar refractivity (Wildman–Crippen MR) is 108 cm³/mol. The molecule has 3 aromatic rings. The number of hydrogen-bond acceptors (Lipinski definition) is 6. The van der Waals surface area contributed by atoms with Crippen molar-refractivity contribution >= 4 is 39.2 Å². The molecule has 2 aromatic heterocycles. The highest BCUT2D eigenvalue weighted by molar-refractivity contribution is 7.20. The second-order valence-corrected chi connectivity index (χ2v) is 7.64. The van der Waals surface area contributed by atoms with E-state index < -0.39 is 12.6 Å². The van der Waals surface area contributed by atoms with E-state index in [0.717, 1.165) is 16.9 Å². The molecular formula is C20H16F2N2O5S. The van der Waals surface area contributed by atoms with Crippen LogP contribution in [0.2, 0.25) is 0 Å². The lowest BCUT2D eigenvalue weighted by molar-refractivity contribution is -0.0512. The molecule has 1 aliphatic rings. The van der Waals surface area contributed by atoms with Crippen molar-refractivity contribution in [2.45, 2.75) is 26.5 Å². The number of carbonyl (C=O) groups is 1. The molecule has 3 heterocycles. The molecule has 4 rings (SSSR count). The summed E-state index contributed by atoms with van der Waals surface area (Å²) < 4.78 is 36.1. The molecule has 0 aliphatic carbocycles. The first-order valence-electron chi connectivity index (χ1n) is 8.91. The molecule has 10 heteroatoms. The van der Waals surface area contributed by atoms with Gasteiger partial charge in [0.05, 0.1) is 12.5 Å². The second kappa shape index (κ2) is 7.52. The molecule has 0 atom stereocenters. The quantitative estimate of drug-likeness (QED) is 0.652. The van der Waals surface area contributed by atoms with Crippen molar-refractivity contribution < 1.29 is 28.2 Å². The third-order valence-corrected chi connectivity index (χ3v) is 6.05. The summed E-state index contributed by atoms with van der Waals surface area (Å²) in [4.78, 5) is 29.4. The van der Waals surface area contributed by atoms with Gasteiger partial charge in [0.25, 0.3) is 5.56 Å². The van der Waals surface area contributed by atoms with Gasteiger partial charge in [-0.05, 0) is 48.3 Å². The Bertz CT molecular complexity index is 1260. The first-order chi connectivity index (χ1) is 14.3. The lowest BCUT2D eigenvalue weighted by atomic mass is 10.1. The van der Waals surface area contributed by atoms with Crippen molar-refractivity contribution in [1.82, 2.24) is 9.55 Å². The number of nitrogens with zero attached hydrogens (tertiary/aromatic N) is 2. The molecule has 7 nitrogen and oxygen atoms in total. The van der Waals surface area contributed by atoms with Gasteiger partial charge in [-0.25, -0.2) is 9.78 Å². The molecule has 0 saturated carbocycles. The maximum absolute atomic E-state index is 12.9. The Kier molecular flexibility index (Phi) is 5.02. The van der Waals surface area contributed by atoms with E-state index in [1.54, 1.807) is 25.1 Å². The third-order valence-electron chi connectivity index (χ3n) is 4.88. The fourth-order valence-electron chi connectivity index (χ4n) is 3.52. The Morgan fingerprint density at radius 3 is 2.80 bits per heavy atom. The van der Waals surface area contributed by atoms with Crippen LogP contribution in [0.5, 0.6) is 11.5 Å². The lowest BCUT2D eigenvalue weighted by Gasteiger charge is -2.10. The summed E-state index contributed by atoms with van der Waals surface area (Å²) in [6, 6.07) is 4.55. The number of aryl methyl sites for hydroxylation is 1. The molecule has 0 bridgehead atoms. The minimum atomic E-state index is -2.96. The molecule has 0 spiro atoms. The van der Waals surface area contributed by atoms with Crippen molar-refractivity contribution in [3.05, 3.63) is 50.4 Å². The highest BCUT2D eigenvalue weighted by Crippen LogP contribution is 2.34. The van der Waals surface area contributed by atoms with Crippen molar-refractivity contribution in [2.24, 2.45) is 0 Å². The van der Waals surface area contributed by atoms with E-state index in [1.165, 1.54) is 17.7 Å². The van der Waals surface area contributed by atoms with Gasteiger partial charge in [-0.1, -0.05) is 6.07 Å². The standard InChI is InChI=1S/C20H16F2N2O5S/c1-9-14-17(30-15(9)19(26)27)23-16-11(5-6-24(16)18(14)25)7-10-3-4-12(29-20(21)22)13(8-10)28-2/h3-4,7-8,20H,5-6H2,1-2H3,(H,26,27)/b11-7-. The summed E-state index contributed by atoms with van der Waals surface area (Å²) in [5.41, 5.74) is 1.60. The van der Waals surface area contributed by atoms with E-state index in [0.29, 0.717) is 40.1 Å². The number of aromatic carboxylic acids is 1. The van der Waals surface area contributed by atoms with Crippen LogP contribution in [0.1, 0.15) is 33.0 Å². The number of alkyl halides is 2. The summed E-state index contributed by atoms with van der Waals surface area (Å²) >= 11 is 0.975. The molecule has 1 aliphatic heterocycles. The summed E-state index contributed by atoms with van der Waals surface area (Å²) in [5, 5.41) is 9.67. The molecule has 156 valence electrons. The molecular weight excluding hydrogens is 418 g/mol. The van der Waals surface area contributed by atoms with Gasteiger partial charge >= 0.3 is 12.6 Å². The third kappa shape index (κ3) is 3.32. The fraction of sp³-hybridized carbons (Fsp3) is 0.250. The zero-order valence-corrected chi connectivity index (χ0v) is 16.8. The van der Waals surface area contributed by atoms with Gasteiger partial charge in [-0.2, -0.15) is 8.78 Å². The predicted octanol–water partition coefficient (Wildman–Crippen LogP) is 4.02. The topological polar surface area (TPSA) is 90.7 Å². The van der Waals surface area contributed by atoms with Gasteiger partial charge in [-0.3, -0.25) is 9.36 Å². The molecule has 0 radical (unpaired) electrons. The van der Waals surface area contributed by atoms with E-state index in [-0.39, 0.29) is 21.9 Å². The molecule has 1 N–H and O–H groups in total. The Labute approximate surface area is 172 Å². The first kappa shape index (κ1) is 20.0. The first-order valence-corrected chi connectivity index (χ1v) is 9.72. The number of hydrogen-bond donors (Lipinski definition) is 1. The summed E-state index contributed by atoms with van der Waals surface area (Å²) in [6.07, 6.45) is 2.35. The van der Waals surface area contributed by atoms with Crippen molar-refractivity contribution in [3.8, 4) is 11.5 Å². The number of benzene rings is 1. The Morgan fingerprint density at radius 2 is 2.13 bits per heavy atom. The molecule has 1 aromatic carbocycles. The molecule has 30 heavy (non-hydrogen) atoms. The van der Waals surface area contributed by atoms with Crippen LogP contribution in [-0.2, 0) is 6.54 Å². The number of carboxylic acid groups (broad SMARTS) is 1. The maximum Gasteiger partial charge on any atom is 0.387 e. The molecule has 0 saturated heterocycles. The number of halogens is 2. The molecule has 0 fully saturated rings. The number of allylic oxidation sites excluding steroid dienone is 1. The Hall–Kier alpha value is -3.27. The maximum atomic E-state index is 12.9. The summed E-state index contributed by atoms with van der Waals surface area (Å²) in [7, 11) is 1.35. The number of rotatable bonds is 5. The molecule has 0 unspecified atom stereocenters. The van der Waals surface area contributed by atoms with Crippen molar-refractivity contribution in [2.75, 3.05) is 7.11 Å². The zero-order valence-electron chi connectivity index (χ0n) is 15.9. The average Bonchev–Trinajstić information content (AvgIpc) is 3.24. The highest BCUT2D eigenvalue weighted by atomic mass is 32.1. The van der Waals surface area contributed by atoms with Gasteiger partial charge in [0.15, 0.2) is 11.5 Å². The van der Waals surface area contributed by atoms with Gasteiger partial charge in [0.2, 0.25) is 0 Å². The van der Waals surface area contributed by atoms with E-state index in [2.05, 4.69) is 9.72 Å². The average molecular weight is 434 g/mol. The van der Waals surface area contributed by atoms with Crippen LogP contribution in [0.3, 0.4) is 0 Å². The van der Waals surface area contributed by atoms with E-state index in [1.807, 2.05) is 0 Å². The van der Waals surface area contributed by atoms with Crippen LogP contribution in [0.4, 0.5) is 8.78 Å². The van der Waals surface area contributed by atoms with Crippen molar-refractivity contribution in [1.29, 1.82) is 0 Å². The van der Waals surface area contributed by atoms with Crippen LogP contribution in [0, 0.1) is 6.92 Å². The number of fused-ring (bicyclic) bond motifs is 2. The van der Waals surface area contributed by atoms with Crippen molar-refractivity contribution in [3.63, 3.8) is 0 Å².